The highest BCUT2D eigenvalue weighted by molar-refractivity contribution is 4.94. The lowest BCUT2D eigenvalue weighted by Gasteiger charge is -2.13. The van der Waals surface area contributed by atoms with E-state index in [1.165, 1.54) is 12.8 Å². The Hall–Kier alpha value is -0.0800. The number of methoxy groups -OCH3 is 1. The summed E-state index contributed by atoms with van der Waals surface area (Å²) in [5, 5.41) is 3.36. The maximum Gasteiger partial charge on any atom is 0.0530 e. The summed E-state index contributed by atoms with van der Waals surface area (Å²) in [5.41, 5.74) is 0.519. The fraction of sp³-hybridized carbons (Fsp3) is 1.00. The third kappa shape index (κ3) is 1.96. The van der Waals surface area contributed by atoms with E-state index in [1.54, 1.807) is 7.11 Å². The molecule has 0 atom stereocenters. The van der Waals surface area contributed by atoms with Crippen molar-refractivity contribution in [2.24, 2.45) is 5.41 Å². The lowest BCUT2D eigenvalue weighted by Crippen LogP contribution is -2.26. The van der Waals surface area contributed by atoms with Crippen LogP contribution in [-0.2, 0) is 4.74 Å². The molecular weight excluding hydrogens is 126 g/mol. The molecular formula is C8H17NO. The van der Waals surface area contributed by atoms with E-state index in [4.69, 9.17) is 4.74 Å². The molecule has 1 aliphatic carbocycles. The average molecular weight is 143 g/mol. The quantitative estimate of drug-likeness (QED) is 0.620. The molecule has 0 spiro atoms. The largest absolute Gasteiger partial charge is 0.384 e. The number of nitrogens with one attached hydrogen (secondary N) is 1. The Balaban J connectivity index is 2.11. The van der Waals surface area contributed by atoms with Crippen LogP contribution in [0.15, 0.2) is 0 Å². The predicted molar refractivity (Wildman–Crippen MR) is 42.1 cm³/mol. The zero-order valence-electron chi connectivity index (χ0n) is 6.94. The number of hydrogen-bond acceptors (Lipinski definition) is 2. The highest BCUT2D eigenvalue weighted by atomic mass is 16.5. The van der Waals surface area contributed by atoms with Crippen molar-refractivity contribution in [2.45, 2.75) is 19.8 Å². The van der Waals surface area contributed by atoms with Crippen molar-refractivity contribution < 1.29 is 4.74 Å². The van der Waals surface area contributed by atoms with Crippen LogP contribution in [0.4, 0.5) is 0 Å². The molecule has 1 saturated carbocycles. The van der Waals surface area contributed by atoms with E-state index in [2.05, 4.69) is 12.2 Å². The standard InChI is InChI=1S/C8H17NO/c1-3-9-6-8(4-5-8)7-10-2/h9H,3-7H2,1-2H3. The number of hydrogen-bond donors (Lipinski definition) is 1. The fourth-order valence-electron chi connectivity index (χ4n) is 1.25. The van der Waals surface area contributed by atoms with Crippen molar-refractivity contribution in [3.05, 3.63) is 0 Å². The molecule has 1 aliphatic rings. The molecule has 0 aromatic rings. The van der Waals surface area contributed by atoms with Gasteiger partial charge in [0, 0.05) is 19.1 Å². The molecule has 0 saturated heterocycles. The molecule has 0 radical (unpaired) electrons. The molecule has 2 nitrogen and oxygen atoms in total. The van der Waals surface area contributed by atoms with Crippen LogP contribution in [0.3, 0.4) is 0 Å². The van der Waals surface area contributed by atoms with E-state index in [9.17, 15) is 0 Å². The van der Waals surface area contributed by atoms with E-state index in [-0.39, 0.29) is 0 Å². The molecule has 0 aromatic carbocycles. The summed E-state index contributed by atoms with van der Waals surface area (Å²) < 4.78 is 5.13. The number of ether oxygens (including phenoxy) is 1. The predicted octanol–water partition coefficient (Wildman–Crippen LogP) is 1.02. The van der Waals surface area contributed by atoms with Crippen molar-refractivity contribution in [2.75, 3.05) is 26.8 Å². The molecule has 2 heteroatoms. The summed E-state index contributed by atoms with van der Waals surface area (Å²) in [7, 11) is 1.78. The topological polar surface area (TPSA) is 21.3 Å². The molecule has 1 N–H and O–H groups in total. The van der Waals surface area contributed by atoms with Gasteiger partial charge in [-0.1, -0.05) is 6.92 Å². The van der Waals surface area contributed by atoms with Gasteiger partial charge in [-0.05, 0) is 19.4 Å². The molecule has 10 heavy (non-hydrogen) atoms. The van der Waals surface area contributed by atoms with E-state index in [1.807, 2.05) is 0 Å². The first kappa shape index (κ1) is 8.02. The monoisotopic (exact) mass is 143 g/mol. The minimum Gasteiger partial charge on any atom is -0.384 e. The van der Waals surface area contributed by atoms with Crippen molar-refractivity contribution in [1.82, 2.24) is 5.32 Å². The van der Waals surface area contributed by atoms with Crippen LogP contribution in [0.1, 0.15) is 19.8 Å². The zero-order valence-corrected chi connectivity index (χ0v) is 6.94. The van der Waals surface area contributed by atoms with Gasteiger partial charge in [0.15, 0.2) is 0 Å². The molecule has 0 unspecified atom stereocenters. The van der Waals surface area contributed by atoms with Crippen molar-refractivity contribution in [3.63, 3.8) is 0 Å². The van der Waals surface area contributed by atoms with Crippen LogP contribution in [-0.4, -0.2) is 26.8 Å². The lowest BCUT2D eigenvalue weighted by atomic mass is 10.1. The minimum atomic E-state index is 0.519. The second-order valence-electron chi connectivity index (χ2n) is 3.21. The first-order chi connectivity index (χ1) is 4.83. The van der Waals surface area contributed by atoms with Gasteiger partial charge in [-0.3, -0.25) is 0 Å². The van der Waals surface area contributed by atoms with Crippen LogP contribution in [0.2, 0.25) is 0 Å². The molecule has 60 valence electrons. The van der Waals surface area contributed by atoms with Gasteiger partial charge >= 0.3 is 0 Å². The van der Waals surface area contributed by atoms with Gasteiger partial charge in [0.25, 0.3) is 0 Å². The van der Waals surface area contributed by atoms with Crippen LogP contribution in [0.25, 0.3) is 0 Å². The molecule has 0 aliphatic heterocycles. The van der Waals surface area contributed by atoms with Gasteiger partial charge in [0.05, 0.1) is 6.61 Å². The minimum absolute atomic E-state index is 0.519. The Kier molecular flexibility index (Phi) is 2.69. The molecule has 1 rings (SSSR count). The van der Waals surface area contributed by atoms with Crippen LogP contribution in [0.5, 0.6) is 0 Å². The molecule has 0 bridgehead atoms. The van der Waals surface area contributed by atoms with Gasteiger partial charge in [0.1, 0.15) is 0 Å². The third-order valence-corrected chi connectivity index (χ3v) is 2.16. The van der Waals surface area contributed by atoms with Crippen LogP contribution >= 0.6 is 0 Å². The Morgan fingerprint density at radius 1 is 1.50 bits per heavy atom. The summed E-state index contributed by atoms with van der Waals surface area (Å²) in [6.07, 6.45) is 2.68. The lowest BCUT2D eigenvalue weighted by molar-refractivity contribution is 0.140. The summed E-state index contributed by atoms with van der Waals surface area (Å²) in [5.74, 6) is 0. The van der Waals surface area contributed by atoms with Crippen LogP contribution in [0, 0.1) is 5.41 Å². The third-order valence-electron chi connectivity index (χ3n) is 2.16. The van der Waals surface area contributed by atoms with E-state index < -0.39 is 0 Å². The Bertz CT molecular complexity index is 99.4. The Labute approximate surface area is 63.0 Å². The molecule has 0 heterocycles. The van der Waals surface area contributed by atoms with Crippen molar-refractivity contribution >= 4 is 0 Å². The van der Waals surface area contributed by atoms with E-state index >= 15 is 0 Å². The Morgan fingerprint density at radius 2 is 2.20 bits per heavy atom. The average Bonchev–Trinajstić information content (AvgIpc) is 2.67. The fourth-order valence-corrected chi connectivity index (χ4v) is 1.25. The Morgan fingerprint density at radius 3 is 2.60 bits per heavy atom. The van der Waals surface area contributed by atoms with Gasteiger partial charge < -0.3 is 10.1 Å². The first-order valence-corrected chi connectivity index (χ1v) is 4.03. The maximum atomic E-state index is 5.13. The summed E-state index contributed by atoms with van der Waals surface area (Å²) in [6, 6.07) is 0. The highest BCUT2D eigenvalue weighted by Crippen LogP contribution is 2.44. The summed E-state index contributed by atoms with van der Waals surface area (Å²) in [4.78, 5) is 0. The van der Waals surface area contributed by atoms with E-state index in [0.717, 1.165) is 19.7 Å². The van der Waals surface area contributed by atoms with Crippen molar-refractivity contribution in [1.29, 1.82) is 0 Å². The van der Waals surface area contributed by atoms with E-state index in [0.29, 0.717) is 5.41 Å². The number of rotatable bonds is 5. The molecule has 1 fully saturated rings. The zero-order chi connectivity index (χ0) is 7.45. The first-order valence-electron chi connectivity index (χ1n) is 4.03. The van der Waals surface area contributed by atoms with Gasteiger partial charge in [-0.15, -0.1) is 0 Å². The normalized spacial score (nSPS) is 21.0. The SMILES string of the molecule is CCNCC1(COC)CC1. The molecule has 0 amide bonds. The molecule has 0 aromatic heterocycles. The maximum absolute atomic E-state index is 5.13. The second-order valence-corrected chi connectivity index (χ2v) is 3.21. The van der Waals surface area contributed by atoms with Gasteiger partial charge in [0.2, 0.25) is 0 Å². The van der Waals surface area contributed by atoms with Gasteiger partial charge in [-0.2, -0.15) is 0 Å². The second kappa shape index (κ2) is 3.35. The van der Waals surface area contributed by atoms with Gasteiger partial charge in [-0.25, -0.2) is 0 Å². The summed E-state index contributed by atoms with van der Waals surface area (Å²) in [6.45, 7) is 5.28. The highest BCUT2D eigenvalue weighted by Gasteiger charge is 2.41. The smallest absolute Gasteiger partial charge is 0.0530 e. The summed E-state index contributed by atoms with van der Waals surface area (Å²) >= 11 is 0. The van der Waals surface area contributed by atoms with Crippen molar-refractivity contribution in [3.8, 4) is 0 Å². The van der Waals surface area contributed by atoms with Crippen LogP contribution < -0.4 is 5.32 Å².